The van der Waals surface area contributed by atoms with Crippen molar-refractivity contribution in [1.29, 1.82) is 0 Å². The van der Waals surface area contributed by atoms with E-state index in [4.69, 9.17) is 24.8 Å². The van der Waals surface area contributed by atoms with Gasteiger partial charge in [0, 0.05) is 56.2 Å². The van der Waals surface area contributed by atoms with Crippen LogP contribution in [0.5, 0.6) is 5.75 Å². The molecule has 7 N–H and O–H groups in total. The average molecular weight is 972 g/mol. The average Bonchev–Trinajstić information content (AvgIpc) is 3.36. The van der Waals surface area contributed by atoms with Gasteiger partial charge in [-0.05, 0) is 96.5 Å². The molecule has 4 aromatic heterocycles. The Balaban J connectivity index is 0.000000157. The van der Waals surface area contributed by atoms with E-state index < -0.39 is 45.9 Å². The van der Waals surface area contributed by atoms with E-state index in [1.165, 1.54) is 24.2 Å². The Kier molecular flexibility index (Phi) is 16.5. The van der Waals surface area contributed by atoms with Gasteiger partial charge >= 0.3 is 17.9 Å². The summed E-state index contributed by atoms with van der Waals surface area (Å²) < 4.78 is 10.7. The number of rotatable bonds is 12. The first kappa shape index (κ1) is 50.8. The summed E-state index contributed by atoms with van der Waals surface area (Å²) in [7, 11) is 0. The molecule has 19 nitrogen and oxygen atoms in total. The van der Waals surface area contributed by atoms with Crippen LogP contribution in [-0.4, -0.2) is 124 Å². The summed E-state index contributed by atoms with van der Waals surface area (Å²) in [5.41, 5.74) is 6.12. The van der Waals surface area contributed by atoms with Gasteiger partial charge in [-0.15, -0.1) is 0 Å². The van der Waals surface area contributed by atoms with E-state index in [1.54, 1.807) is 19.2 Å². The predicted molar refractivity (Wildman–Crippen MR) is 269 cm³/mol. The van der Waals surface area contributed by atoms with E-state index in [1.807, 2.05) is 68.4 Å². The van der Waals surface area contributed by atoms with Gasteiger partial charge < -0.3 is 59.6 Å². The molecule has 3 fully saturated rings. The molecular weight excluding hydrogens is 915 g/mol. The van der Waals surface area contributed by atoms with Gasteiger partial charge in [0.05, 0.1) is 61.1 Å². The monoisotopic (exact) mass is 971 g/mol. The van der Waals surface area contributed by atoms with Crippen LogP contribution >= 0.6 is 0 Å². The second kappa shape index (κ2) is 23.1. The van der Waals surface area contributed by atoms with Crippen LogP contribution in [0.1, 0.15) is 75.0 Å². The molecule has 19 heteroatoms. The Morgan fingerprint density at radius 3 is 1.34 bits per heavy atom. The van der Waals surface area contributed by atoms with Gasteiger partial charge in [-0.3, -0.25) is 19.4 Å². The SMILES string of the molecule is CCc1c(-c2ccc(N3CCOCC3)cn2)[nH]c(=O)c(C(=O)O)c1O.CCc1cc(C(=O)O)c(=O)[nH]c1-c1ccc(N2CCC2)cc1.CCc1cc(C(=O)O)c(=O)[nH]c1-c1ccc(N2CCOCC2)cc1. The lowest BCUT2D eigenvalue weighted by molar-refractivity contribution is 0.0681. The zero-order valence-corrected chi connectivity index (χ0v) is 39.7. The summed E-state index contributed by atoms with van der Waals surface area (Å²) in [5.74, 6) is -4.38. The van der Waals surface area contributed by atoms with Crippen LogP contribution < -0.4 is 31.4 Å². The van der Waals surface area contributed by atoms with Crippen LogP contribution in [0, 0.1) is 0 Å². The highest BCUT2D eigenvalue weighted by Crippen LogP contribution is 2.31. The van der Waals surface area contributed by atoms with Crippen LogP contribution in [0.25, 0.3) is 33.9 Å². The Morgan fingerprint density at radius 1 is 0.549 bits per heavy atom. The number of aromatic nitrogens is 4. The van der Waals surface area contributed by atoms with Crippen molar-refractivity contribution in [2.45, 2.75) is 46.5 Å². The quantitative estimate of drug-likeness (QED) is 0.0753. The largest absolute Gasteiger partial charge is 0.506 e. The number of aromatic carboxylic acids is 3. The molecule has 0 atom stereocenters. The number of benzene rings is 2. The Bertz CT molecular complexity index is 3040. The molecule has 0 radical (unpaired) electrons. The summed E-state index contributed by atoms with van der Waals surface area (Å²) in [6.45, 7) is 13.9. The molecule has 2 aromatic carbocycles. The number of carboxylic acid groups (broad SMARTS) is 3. The number of ether oxygens (including phenoxy) is 2. The number of hydrogen-bond acceptors (Lipinski definition) is 13. The van der Waals surface area contributed by atoms with E-state index in [0.717, 1.165) is 86.1 Å². The number of morpholine rings is 2. The molecule has 0 amide bonds. The van der Waals surface area contributed by atoms with Gasteiger partial charge in [0.2, 0.25) is 0 Å². The first-order valence-corrected chi connectivity index (χ1v) is 23.5. The Hall–Kier alpha value is -8.03. The molecule has 0 saturated carbocycles. The molecule has 6 aromatic rings. The summed E-state index contributed by atoms with van der Waals surface area (Å²) in [4.78, 5) is 88.3. The number of nitrogens with zero attached hydrogens (tertiary/aromatic N) is 4. The van der Waals surface area contributed by atoms with Gasteiger partial charge in [0.1, 0.15) is 16.9 Å². The van der Waals surface area contributed by atoms with Gasteiger partial charge in [-0.25, -0.2) is 14.4 Å². The van der Waals surface area contributed by atoms with Crippen molar-refractivity contribution in [3.63, 3.8) is 0 Å². The highest BCUT2D eigenvalue weighted by atomic mass is 16.5. The van der Waals surface area contributed by atoms with E-state index in [-0.39, 0.29) is 11.1 Å². The second-order valence-corrected chi connectivity index (χ2v) is 16.9. The molecule has 0 spiro atoms. The minimum atomic E-state index is -1.46. The van der Waals surface area contributed by atoms with E-state index in [2.05, 4.69) is 34.6 Å². The van der Waals surface area contributed by atoms with Crippen LogP contribution in [0.15, 0.2) is 93.4 Å². The van der Waals surface area contributed by atoms with Crippen molar-refractivity contribution in [3.05, 3.63) is 143 Å². The minimum Gasteiger partial charge on any atom is -0.506 e. The third kappa shape index (κ3) is 11.7. The molecule has 9 rings (SSSR count). The highest BCUT2D eigenvalue weighted by molar-refractivity contribution is 5.92. The number of anilines is 3. The lowest BCUT2D eigenvalue weighted by atomic mass is 10.0. The third-order valence-corrected chi connectivity index (χ3v) is 12.6. The van der Waals surface area contributed by atoms with Crippen LogP contribution in [-0.2, 0) is 28.7 Å². The van der Waals surface area contributed by atoms with Crippen LogP contribution in [0.2, 0.25) is 0 Å². The third-order valence-electron chi connectivity index (χ3n) is 12.6. The molecule has 3 aliphatic rings. The molecule has 372 valence electrons. The lowest BCUT2D eigenvalue weighted by Gasteiger charge is -2.33. The maximum absolute atomic E-state index is 12.0. The summed E-state index contributed by atoms with van der Waals surface area (Å²) >= 11 is 0. The van der Waals surface area contributed by atoms with E-state index >= 15 is 0 Å². The van der Waals surface area contributed by atoms with Crippen molar-refractivity contribution < 1.29 is 44.3 Å². The second-order valence-electron chi connectivity index (χ2n) is 16.9. The first-order chi connectivity index (χ1) is 34.2. The van der Waals surface area contributed by atoms with Crippen molar-refractivity contribution >= 4 is 35.0 Å². The first-order valence-electron chi connectivity index (χ1n) is 23.5. The topological polar surface area (TPSA) is 272 Å². The lowest BCUT2D eigenvalue weighted by Crippen LogP contribution is -2.36. The zero-order chi connectivity index (χ0) is 50.8. The molecule has 0 unspecified atom stereocenters. The van der Waals surface area contributed by atoms with Crippen LogP contribution in [0.3, 0.4) is 0 Å². The zero-order valence-electron chi connectivity index (χ0n) is 39.7. The fourth-order valence-corrected chi connectivity index (χ4v) is 8.54. The molecule has 7 heterocycles. The number of carbonyl (C=O) groups is 3. The van der Waals surface area contributed by atoms with Gasteiger partial charge in [-0.2, -0.15) is 0 Å². The number of nitrogens with one attached hydrogen (secondary N) is 3. The normalized spacial score (nSPS) is 14.3. The summed E-state index contributed by atoms with van der Waals surface area (Å²) in [6, 6.07) is 22.5. The van der Waals surface area contributed by atoms with Crippen molar-refractivity contribution in [2.24, 2.45) is 0 Å². The minimum absolute atomic E-state index is 0.210. The Morgan fingerprint density at radius 2 is 0.972 bits per heavy atom. The van der Waals surface area contributed by atoms with Crippen LogP contribution in [0.4, 0.5) is 17.1 Å². The fourth-order valence-electron chi connectivity index (χ4n) is 8.54. The molecule has 0 bridgehead atoms. The molecule has 71 heavy (non-hydrogen) atoms. The standard InChI is InChI=1S/C18H20N2O4.C17H19N3O5.C17H18N2O3/c1-2-12-11-15(18(22)23)17(21)19-16(12)13-3-5-14(6-4-13)20-7-9-24-10-8-20;1-2-11-14(19-16(22)13(15(11)21)17(23)24)12-4-3-10(9-18-12)20-5-7-25-8-6-20;1-2-11-10-14(17(21)22)16(20)18-15(11)12-4-6-13(7-5-12)19-8-3-9-19/h3-6,11H,2,7-10H2,1H3,(H,19,21)(H,22,23);3-4,9H,2,5-8H2,1H3,(H,23,24)(H2,19,21,22);4-7,10H,2-3,8-9H2,1H3,(H,18,20)(H,21,22). The highest BCUT2D eigenvalue weighted by Gasteiger charge is 2.23. The molecule has 3 saturated heterocycles. The predicted octanol–water partition coefficient (Wildman–Crippen LogP) is 5.89. The number of aryl methyl sites for hydroxylation is 2. The fraction of sp³-hybridized carbons (Fsp3) is 0.327. The number of aromatic hydroxyl groups is 1. The number of carboxylic acids is 3. The van der Waals surface area contributed by atoms with E-state index in [0.29, 0.717) is 60.8 Å². The number of hydrogen-bond donors (Lipinski definition) is 7. The van der Waals surface area contributed by atoms with Gasteiger partial charge in [0.15, 0.2) is 5.56 Å². The van der Waals surface area contributed by atoms with Crippen molar-refractivity contribution in [3.8, 4) is 39.7 Å². The van der Waals surface area contributed by atoms with Gasteiger partial charge in [0.25, 0.3) is 16.7 Å². The van der Waals surface area contributed by atoms with E-state index in [9.17, 15) is 33.9 Å². The van der Waals surface area contributed by atoms with Crippen molar-refractivity contribution in [1.82, 2.24) is 19.9 Å². The van der Waals surface area contributed by atoms with Crippen molar-refractivity contribution in [2.75, 3.05) is 80.4 Å². The number of H-pyrrole nitrogens is 3. The maximum Gasteiger partial charge on any atom is 0.345 e. The molecular formula is C52H57N7O12. The number of pyridine rings is 4. The Labute approximate surface area is 408 Å². The number of aromatic amines is 3. The molecule has 0 aliphatic carbocycles. The smallest absolute Gasteiger partial charge is 0.345 e. The summed E-state index contributed by atoms with van der Waals surface area (Å²) in [6.07, 6.45) is 4.56. The summed E-state index contributed by atoms with van der Waals surface area (Å²) in [5, 5.41) is 37.4. The molecule has 3 aliphatic heterocycles. The van der Waals surface area contributed by atoms with Gasteiger partial charge in [-0.1, -0.05) is 45.0 Å². The maximum atomic E-state index is 12.0.